The smallest absolute Gasteiger partial charge is 0.419 e. The summed E-state index contributed by atoms with van der Waals surface area (Å²) < 4.78 is 17.0. The Morgan fingerprint density at radius 2 is 1.80 bits per heavy atom. The summed E-state index contributed by atoms with van der Waals surface area (Å²) in [5.41, 5.74) is 2.12. The van der Waals surface area contributed by atoms with E-state index in [0.717, 1.165) is 0 Å². The summed E-state index contributed by atoms with van der Waals surface area (Å²) >= 11 is 0. The molecule has 152 valence electrons. The predicted molar refractivity (Wildman–Crippen MR) is 108 cm³/mol. The number of aromatic nitrogens is 1. The molecule has 8 nitrogen and oxygen atoms in total. The van der Waals surface area contributed by atoms with Crippen LogP contribution in [-0.2, 0) is 11.3 Å². The number of anilines is 1. The first-order valence-electron chi connectivity index (χ1n) is 9.32. The van der Waals surface area contributed by atoms with Gasteiger partial charge >= 0.3 is 11.7 Å². The van der Waals surface area contributed by atoms with Crippen molar-refractivity contribution < 1.29 is 23.2 Å². The molecule has 0 bridgehead atoms. The van der Waals surface area contributed by atoms with Crippen molar-refractivity contribution in [3.63, 3.8) is 0 Å². The van der Waals surface area contributed by atoms with Crippen LogP contribution in [-0.4, -0.2) is 23.1 Å². The second-order valence-electron chi connectivity index (χ2n) is 6.49. The molecule has 1 amide bonds. The highest BCUT2D eigenvalue weighted by atomic mass is 16.5. The van der Waals surface area contributed by atoms with Crippen molar-refractivity contribution >= 4 is 28.7 Å². The monoisotopic (exact) mass is 406 g/mol. The van der Waals surface area contributed by atoms with Gasteiger partial charge in [0.1, 0.15) is 0 Å². The van der Waals surface area contributed by atoms with Crippen molar-refractivity contribution in [1.82, 2.24) is 4.57 Å². The average Bonchev–Trinajstić information content (AvgIpc) is 3.40. The van der Waals surface area contributed by atoms with E-state index in [2.05, 4.69) is 5.32 Å². The topological polar surface area (TPSA) is 104 Å². The number of amides is 1. The van der Waals surface area contributed by atoms with Gasteiger partial charge in [0, 0.05) is 12.2 Å². The predicted octanol–water partition coefficient (Wildman–Crippen LogP) is 3.69. The number of benzene rings is 2. The van der Waals surface area contributed by atoms with Crippen molar-refractivity contribution in [2.75, 3.05) is 11.9 Å². The molecular weight excluding hydrogens is 388 g/mol. The maximum atomic E-state index is 12.2. The molecule has 0 aliphatic rings. The third-order valence-electron chi connectivity index (χ3n) is 4.46. The second kappa shape index (κ2) is 8.52. The Bertz CT molecular complexity index is 1220. The molecule has 0 aliphatic carbocycles. The minimum atomic E-state index is -0.483. The summed E-state index contributed by atoms with van der Waals surface area (Å²) in [6.07, 6.45) is 1.88. The summed E-state index contributed by atoms with van der Waals surface area (Å²) in [5, 5.41) is 2.67. The van der Waals surface area contributed by atoms with Crippen molar-refractivity contribution in [2.45, 2.75) is 13.0 Å². The summed E-state index contributed by atoms with van der Waals surface area (Å²) in [5.74, 6) is -1.10. The van der Waals surface area contributed by atoms with Crippen molar-refractivity contribution in [3.8, 4) is 0 Å². The largest absolute Gasteiger partial charge is 0.462 e. The van der Waals surface area contributed by atoms with Gasteiger partial charge in [0.2, 0.25) is 0 Å². The number of carbonyl (C=O) groups is 2. The lowest BCUT2D eigenvalue weighted by Crippen LogP contribution is -2.16. The lowest BCUT2D eigenvalue weighted by atomic mass is 10.2. The van der Waals surface area contributed by atoms with Crippen LogP contribution >= 0.6 is 0 Å². The highest BCUT2D eigenvalue weighted by Gasteiger charge is 2.12. The zero-order valence-corrected chi connectivity index (χ0v) is 15.9. The summed E-state index contributed by atoms with van der Waals surface area (Å²) in [7, 11) is 0. The maximum absolute atomic E-state index is 12.2. The lowest BCUT2D eigenvalue weighted by molar-refractivity contribution is 0.0496. The van der Waals surface area contributed by atoms with Crippen LogP contribution in [0.5, 0.6) is 0 Å². The minimum absolute atomic E-state index is 0.155. The molecule has 0 aliphatic heterocycles. The van der Waals surface area contributed by atoms with Crippen LogP contribution in [0.2, 0.25) is 0 Å². The van der Waals surface area contributed by atoms with Gasteiger partial charge in [-0.2, -0.15) is 0 Å². The number of ether oxygens (including phenoxy) is 1. The molecule has 1 N–H and O–H groups in total. The number of rotatable bonds is 7. The van der Waals surface area contributed by atoms with Gasteiger partial charge in [0.15, 0.2) is 11.3 Å². The summed E-state index contributed by atoms with van der Waals surface area (Å²) in [6, 6.07) is 16.7. The van der Waals surface area contributed by atoms with Crippen LogP contribution < -0.4 is 11.1 Å². The second-order valence-corrected chi connectivity index (χ2v) is 6.49. The maximum Gasteiger partial charge on any atom is 0.419 e. The zero-order chi connectivity index (χ0) is 20.9. The Morgan fingerprint density at radius 1 is 1.00 bits per heavy atom. The van der Waals surface area contributed by atoms with E-state index in [0.29, 0.717) is 35.3 Å². The Labute approximate surface area is 170 Å². The molecule has 4 rings (SSSR count). The number of para-hydroxylation sites is 2. The molecule has 0 spiro atoms. The van der Waals surface area contributed by atoms with E-state index in [1.54, 1.807) is 54.6 Å². The first-order chi connectivity index (χ1) is 14.6. The van der Waals surface area contributed by atoms with Gasteiger partial charge in [-0.3, -0.25) is 9.36 Å². The van der Waals surface area contributed by atoms with E-state index in [1.165, 1.54) is 10.8 Å². The van der Waals surface area contributed by atoms with Crippen LogP contribution in [0, 0.1) is 0 Å². The SMILES string of the molecule is O=C(OCCCn1c(=O)oc2ccccc21)c1ccc(NC(=O)c2ccco2)cc1. The number of hydrogen-bond donors (Lipinski definition) is 1. The Hall–Kier alpha value is -4.07. The quantitative estimate of drug-likeness (QED) is 0.371. The number of aryl methyl sites for hydroxylation is 1. The number of nitrogens with zero attached hydrogens (tertiary/aromatic N) is 1. The van der Waals surface area contributed by atoms with Gasteiger partial charge in [-0.25, -0.2) is 9.59 Å². The fraction of sp³-hybridized carbons (Fsp3) is 0.136. The van der Waals surface area contributed by atoms with Gasteiger partial charge in [0.25, 0.3) is 5.91 Å². The molecule has 0 atom stereocenters. The lowest BCUT2D eigenvalue weighted by Gasteiger charge is -2.07. The summed E-state index contributed by atoms with van der Waals surface area (Å²) in [6.45, 7) is 0.530. The van der Waals surface area contributed by atoms with Crippen LogP contribution in [0.3, 0.4) is 0 Å². The van der Waals surface area contributed by atoms with Crippen molar-refractivity contribution in [3.05, 3.63) is 88.8 Å². The van der Waals surface area contributed by atoms with Crippen LogP contribution in [0.4, 0.5) is 5.69 Å². The van der Waals surface area contributed by atoms with E-state index in [1.807, 2.05) is 6.07 Å². The molecular formula is C22H18N2O6. The fourth-order valence-corrected chi connectivity index (χ4v) is 2.99. The molecule has 8 heteroatoms. The number of furan rings is 1. The zero-order valence-electron chi connectivity index (χ0n) is 15.9. The molecule has 4 aromatic rings. The number of esters is 1. The standard InChI is InChI=1S/C22H18N2O6/c25-20(19-7-3-13-28-19)23-16-10-8-15(9-11-16)21(26)29-14-4-12-24-17-5-1-2-6-18(17)30-22(24)27/h1-3,5-11,13H,4,12,14H2,(H,23,25). The van der Waals surface area contributed by atoms with Crippen molar-refractivity contribution in [2.24, 2.45) is 0 Å². The molecule has 2 heterocycles. The van der Waals surface area contributed by atoms with Crippen molar-refractivity contribution in [1.29, 1.82) is 0 Å². The first kappa shape index (κ1) is 19.3. The number of oxazole rings is 1. The third-order valence-corrected chi connectivity index (χ3v) is 4.46. The van der Waals surface area contributed by atoms with E-state index in [-0.39, 0.29) is 18.3 Å². The third kappa shape index (κ3) is 4.17. The van der Waals surface area contributed by atoms with Gasteiger partial charge in [-0.05, 0) is 55.0 Å². The minimum Gasteiger partial charge on any atom is -0.462 e. The van der Waals surface area contributed by atoms with E-state index in [4.69, 9.17) is 13.6 Å². The number of carbonyl (C=O) groups excluding carboxylic acids is 2. The number of hydrogen-bond acceptors (Lipinski definition) is 6. The molecule has 2 aromatic carbocycles. The fourth-order valence-electron chi connectivity index (χ4n) is 2.99. The van der Waals surface area contributed by atoms with Gasteiger partial charge in [0.05, 0.1) is 24.0 Å². The van der Waals surface area contributed by atoms with Gasteiger partial charge in [-0.1, -0.05) is 12.1 Å². The normalized spacial score (nSPS) is 10.8. The number of fused-ring (bicyclic) bond motifs is 1. The molecule has 30 heavy (non-hydrogen) atoms. The molecule has 0 fully saturated rings. The van der Waals surface area contributed by atoms with Crippen LogP contribution in [0.15, 0.2) is 80.6 Å². The average molecular weight is 406 g/mol. The molecule has 2 aromatic heterocycles. The summed E-state index contributed by atoms with van der Waals surface area (Å²) in [4.78, 5) is 36.1. The highest BCUT2D eigenvalue weighted by Crippen LogP contribution is 2.14. The highest BCUT2D eigenvalue weighted by molar-refractivity contribution is 6.02. The Kier molecular flexibility index (Phi) is 5.47. The molecule has 0 saturated carbocycles. The molecule has 0 unspecified atom stereocenters. The van der Waals surface area contributed by atoms with Gasteiger partial charge < -0.3 is 18.9 Å². The molecule has 0 radical (unpaired) electrons. The van der Waals surface area contributed by atoms with E-state index in [9.17, 15) is 14.4 Å². The van der Waals surface area contributed by atoms with E-state index < -0.39 is 11.7 Å². The van der Waals surface area contributed by atoms with Crippen LogP contribution in [0.25, 0.3) is 11.1 Å². The first-order valence-corrected chi connectivity index (χ1v) is 9.32. The molecule has 0 saturated heterocycles. The number of nitrogens with one attached hydrogen (secondary N) is 1. The van der Waals surface area contributed by atoms with Gasteiger partial charge in [-0.15, -0.1) is 0 Å². The Balaban J connectivity index is 1.28. The van der Waals surface area contributed by atoms with Crippen LogP contribution in [0.1, 0.15) is 27.3 Å². The van der Waals surface area contributed by atoms with E-state index >= 15 is 0 Å². The Morgan fingerprint density at radius 3 is 2.57 bits per heavy atom.